The number of benzene rings is 1. The van der Waals surface area contributed by atoms with Crippen LogP contribution in [0.5, 0.6) is 0 Å². The van der Waals surface area contributed by atoms with Gasteiger partial charge in [0.25, 0.3) is 0 Å². The highest BCUT2D eigenvalue weighted by molar-refractivity contribution is 9.10. The summed E-state index contributed by atoms with van der Waals surface area (Å²) in [4.78, 5) is -1.64. The molecule has 0 heterocycles. The third-order valence-corrected chi connectivity index (χ3v) is 4.07. The molecule has 3 nitrogen and oxygen atoms in total. The van der Waals surface area contributed by atoms with Gasteiger partial charge >= 0.3 is 12.4 Å². The highest BCUT2D eigenvalue weighted by Gasteiger charge is 2.42. The number of hydrogen-bond acceptors (Lipinski definition) is 2. The molecule has 0 saturated carbocycles. The number of alkyl halides is 6. The highest BCUT2D eigenvalue weighted by Crippen LogP contribution is 2.43. The first-order valence-corrected chi connectivity index (χ1v) is 6.60. The molecule has 0 aliphatic carbocycles. The van der Waals surface area contributed by atoms with E-state index in [1.807, 2.05) is 0 Å². The zero-order valence-electron chi connectivity index (χ0n) is 8.60. The first-order chi connectivity index (χ1) is 8.26. The Hall–Kier alpha value is -0.810. The predicted molar refractivity (Wildman–Crippen MR) is 55.5 cm³/mol. The van der Waals surface area contributed by atoms with E-state index in [4.69, 9.17) is 0 Å². The topological polar surface area (TPSA) is 60.2 Å². The van der Waals surface area contributed by atoms with Crippen LogP contribution in [0.2, 0.25) is 0 Å². The summed E-state index contributed by atoms with van der Waals surface area (Å²) < 4.78 is 96.1. The molecule has 1 aromatic rings. The number of halogens is 7. The number of rotatable bonds is 1. The van der Waals surface area contributed by atoms with Crippen molar-refractivity contribution in [3.05, 3.63) is 27.7 Å². The second kappa shape index (κ2) is 4.63. The van der Waals surface area contributed by atoms with Gasteiger partial charge in [0.2, 0.25) is 10.0 Å². The van der Waals surface area contributed by atoms with Gasteiger partial charge in [-0.05, 0) is 28.1 Å². The monoisotopic (exact) mass is 371 g/mol. The molecule has 0 spiro atoms. The van der Waals surface area contributed by atoms with Crippen LogP contribution in [-0.4, -0.2) is 8.42 Å². The molecule has 0 unspecified atom stereocenters. The maximum absolute atomic E-state index is 12.6. The zero-order chi connectivity index (χ0) is 15.2. The standard InChI is InChI=1S/C8H4BrF6NO2S/c9-5-3(7(10,11)12)1-2-4(8(13,14)15)6(5)19(16,17)18/h1-2H,(H2,16,17,18). The molecule has 0 atom stereocenters. The summed E-state index contributed by atoms with van der Waals surface area (Å²) in [6.45, 7) is 0. The van der Waals surface area contributed by atoms with Crippen molar-refractivity contribution in [2.24, 2.45) is 5.14 Å². The van der Waals surface area contributed by atoms with Crippen molar-refractivity contribution in [2.45, 2.75) is 17.2 Å². The van der Waals surface area contributed by atoms with Crippen LogP contribution in [-0.2, 0) is 22.4 Å². The Labute approximate surface area is 111 Å². The third-order valence-electron chi connectivity index (χ3n) is 1.99. The average molecular weight is 372 g/mol. The van der Waals surface area contributed by atoms with E-state index in [1.165, 1.54) is 0 Å². The summed E-state index contributed by atoms with van der Waals surface area (Å²) in [5, 5.41) is 4.54. The summed E-state index contributed by atoms with van der Waals surface area (Å²) >= 11 is 2.22. The Kier molecular flexibility index (Phi) is 3.96. The second-order valence-corrected chi connectivity index (χ2v) is 5.64. The van der Waals surface area contributed by atoms with Gasteiger partial charge in [-0.3, -0.25) is 0 Å². The molecule has 11 heteroatoms. The largest absolute Gasteiger partial charge is 0.417 e. The number of sulfonamides is 1. The number of primary sulfonamides is 1. The van der Waals surface area contributed by atoms with Crippen LogP contribution in [0.1, 0.15) is 11.1 Å². The summed E-state index contributed by atoms with van der Waals surface area (Å²) in [6.07, 6.45) is -10.2. The number of nitrogens with two attached hydrogens (primary N) is 1. The minimum atomic E-state index is -5.16. The van der Waals surface area contributed by atoms with Crippen LogP contribution in [0.4, 0.5) is 26.3 Å². The molecule has 1 aromatic carbocycles. The van der Waals surface area contributed by atoms with Gasteiger partial charge in [-0.25, -0.2) is 13.6 Å². The molecular weight excluding hydrogens is 368 g/mol. The summed E-state index contributed by atoms with van der Waals surface area (Å²) in [5.41, 5.74) is -3.33. The lowest BCUT2D eigenvalue weighted by Gasteiger charge is -2.17. The van der Waals surface area contributed by atoms with Crippen LogP contribution in [0.25, 0.3) is 0 Å². The van der Waals surface area contributed by atoms with E-state index in [1.54, 1.807) is 0 Å². The minimum absolute atomic E-state index is 0.0212. The number of hydrogen-bond donors (Lipinski definition) is 1. The van der Waals surface area contributed by atoms with Crippen molar-refractivity contribution in [1.29, 1.82) is 0 Å². The Balaban J connectivity index is 3.81. The Morgan fingerprint density at radius 1 is 0.947 bits per heavy atom. The fourth-order valence-corrected chi connectivity index (χ4v) is 3.37. The second-order valence-electron chi connectivity index (χ2n) is 3.34. The first-order valence-electron chi connectivity index (χ1n) is 4.26. The quantitative estimate of drug-likeness (QED) is 0.771. The minimum Gasteiger partial charge on any atom is -0.225 e. The normalized spacial score (nSPS) is 13.7. The molecule has 1 rings (SSSR count). The first kappa shape index (κ1) is 16.2. The summed E-state index contributed by atoms with van der Waals surface area (Å²) in [5.74, 6) is 0. The Morgan fingerprint density at radius 2 is 1.32 bits per heavy atom. The smallest absolute Gasteiger partial charge is 0.225 e. The Bertz CT molecular complexity index is 607. The average Bonchev–Trinajstić information content (AvgIpc) is 2.11. The lowest BCUT2D eigenvalue weighted by atomic mass is 10.1. The van der Waals surface area contributed by atoms with Crippen molar-refractivity contribution < 1.29 is 34.8 Å². The van der Waals surface area contributed by atoms with Gasteiger partial charge in [-0.15, -0.1) is 0 Å². The van der Waals surface area contributed by atoms with Gasteiger partial charge in [-0.2, -0.15) is 26.3 Å². The lowest BCUT2D eigenvalue weighted by Crippen LogP contribution is -2.21. The Morgan fingerprint density at radius 3 is 1.63 bits per heavy atom. The zero-order valence-corrected chi connectivity index (χ0v) is 11.0. The van der Waals surface area contributed by atoms with Crippen LogP contribution in [0, 0.1) is 0 Å². The van der Waals surface area contributed by atoms with Gasteiger partial charge in [0.05, 0.1) is 15.6 Å². The molecule has 0 bridgehead atoms. The van der Waals surface area contributed by atoms with Gasteiger partial charge < -0.3 is 0 Å². The van der Waals surface area contributed by atoms with Crippen molar-refractivity contribution >= 4 is 26.0 Å². The molecule has 0 aliphatic rings. The molecule has 0 aromatic heterocycles. The molecule has 0 amide bonds. The molecule has 0 aliphatic heterocycles. The molecule has 0 saturated heterocycles. The van der Waals surface area contributed by atoms with Crippen LogP contribution < -0.4 is 5.14 Å². The van der Waals surface area contributed by atoms with Gasteiger partial charge in [0, 0.05) is 0 Å². The van der Waals surface area contributed by atoms with Gasteiger partial charge in [0.1, 0.15) is 4.90 Å². The van der Waals surface area contributed by atoms with Crippen LogP contribution in [0.15, 0.2) is 21.5 Å². The van der Waals surface area contributed by atoms with E-state index >= 15 is 0 Å². The SMILES string of the molecule is NS(=O)(=O)c1c(C(F)(F)F)ccc(C(F)(F)F)c1Br. The lowest BCUT2D eigenvalue weighted by molar-refractivity contribution is -0.143. The van der Waals surface area contributed by atoms with E-state index in [0.717, 1.165) is 0 Å². The molecule has 108 valence electrons. The van der Waals surface area contributed by atoms with E-state index < -0.39 is 42.9 Å². The van der Waals surface area contributed by atoms with Crippen molar-refractivity contribution in [2.75, 3.05) is 0 Å². The highest BCUT2D eigenvalue weighted by atomic mass is 79.9. The summed E-state index contributed by atoms with van der Waals surface area (Å²) in [6, 6.07) is 0.148. The van der Waals surface area contributed by atoms with E-state index in [2.05, 4.69) is 21.1 Å². The fraction of sp³-hybridized carbons (Fsp3) is 0.250. The van der Waals surface area contributed by atoms with Crippen molar-refractivity contribution in [1.82, 2.24) is 0 Å². The van der Waals surface area contributed by atoms with Crippen molar-refractivity contribution in [3.8, 4) is 0 Å². The maximum Gasteiger partial charge on any atom is 0.417 e. The van der Waals surface area contributed by atoms with E-state index in [-0.39, 0.29) is 12.1 Å². The van der Waals surface area contributed by atoms with Crippen molar-refractivity contribution in [3.63, 3.8) is 0 Å². The van der Waals surface area contributed by atoms with E-state index in [9.17, 15) is 34.8 Å². The van der Waals surface area contributed by atoms with Crippen LogP contribution >= 0.6 is 15.9 Å². The maximum atomic E-state index is 12.6. The fourth-order valence-electron chi connectivity index (χ4n) is 1.28. The van der Waals surface area contributed by atoms with Gasteiger partial charge in [-0.1, -0.05) is 0 Å². The summed E-state index contributed by atoms with van der Waals surface area (Å²) in [7, 11) is -5.00. The predicted octanol–water partition coefficient (Wildman–Crippen LogP) is 3.13. The van der Waals surface area contributed by atoms with Crippen LogP contribution in [0.3, 0.4) is 0 Å². The molecule has 0 fully saturated rings. The van der Waals surface area contributed by atoms with Gasteiger partial charge in [0.15, 0.2) is 0 Å². The molecule has 2 N–H and O–H groups in total. The third kappa shape index (κ3) is 3.39. The molecule has 19 heavy (non-hydrogen) atoms. The van der Waals surface area contributed by atoms with E-state index in [0.29, 0.717) is 0 Å². The molecular formula is C8H4BrF6NO2S. The molecule has 0 radical (unpaired) electrons.